The highest BCUT2D eigenvalue weighted by molar-refractivity contribution is 6.16. The third kappa shape index (κ3) is 1.41. The number of fused-ring (bicyclic) bond motifs is 3. The van der Waals surface area contributed by atoms with Gasteiger partial charge >= 0.3 is 6.03 Å². The molecule has 2 amide bonds. The van der Waals surface area contributed by atoms with Crippen LogP contribution in [0.5, 0.6) is 0 Å². The summed E-state index contributed by atoms with van der Waals surface area (Å²) in [5.41, 5.74) is 4.14. The molecule has 5 nitrogen and oxygen atoms in total. The lowest BCUT2D eigenvalue weighted by atomic mass is 9.81. The monoisotopic (exact) mass is 331 g/mol. The van der Waals surface area contributed by atoms with Crippen molar-refractivity contribution in [1.82, 2.24) is 9.88 Å². The molecule has 2 aliphatic rings. The quantitative estimate of drug-likeness (QED) is 0.688. The van der Waals surface area contributed by atoms with Crippen molar-refractivity contribution in [3.05, 3.63) is 64.8 Å². The van der Waals surface area contributed by atoms with Crippen LogP contribution in [0.15, 0.2) is 42.5 Å². The minimum atomic E-state index is -1.16. The molecule has 3 heterocycles. The van der Waals surface area contributed by atoms with Gasteiger partial charge in [0.05, 0.1) is 5.52 Å². The van der Waals surface area contributed by atoms with Crippen LogP contribution in [0.2, 0.25) is 0 Å². The highest BCUT2D eigenvalue weighted by atomic mass is 16.2. The molecule has 5 rings (SSSR count). The number of benzene rings is 2. The zero-order valence-corrected chi connectivity index (χ0v) is 14.3. The van der Waals surface area contributed by atoms with Crippen molar-refractivity contribution >= 4 is 28.5 Å². The number of rotatable bonds is 0. The molecule has 0 saturated heterocycles. The van der Waals surface area contributed by atoms with Gasteiger partial charge in [0, 0.05) is 34.9 Å². The Bertz CT molecular complexity index is 1110. The molecule has 1 spiro atoms. The van der Waals surface area contributed by atoms with E-state index in [1.807, 2.05) is 56.3 Å². The molecule has 1 atom stereocenters. The Balaban J connectivity index is 1.98. The van der Waals surface area contributed by atoms with E-state index in [2.05, 4.69) is 5.32 Å². The number of nitrogens with one attached hydrogen (secondary N) is 1. The number of hydrogen-bond donors (Lipinski definition) is 1. The second-order valence-corrected chi connectivity index (χ2v) is 6.81. The van der Waals surface area contributed by atoms with Crippen molar-refractivity contribution in [3.63, 3.8) is 0 Å². The number of aryl methyl sites for hydroxylation is 1. The molecule has 2 aliphatic heterocycles. The highest BCUT2D eigenvalue weighted by Gasteiger charge is 2.55. The maximum absolute atomic E-state index is 13.3. The van der Waals surface area contributed by atoms with E-state index in [0.717, 1.165) is 39.0 Å². The van der Waals surface area contributed by atoms with Crippen LogP contribution in [0.3, 0.4) is 0 Å². The van der Waals surface area contributed by atoms with Crippen molar-refractivity contribution in [3.8, 4) is 0 Å². The fourth-order valence-electron chi connectivity index (χ4n) is 4.40. The first-order valence-electron chi connectivity index (χ1n) is 8.29. The van der Waals surface area contributed by atoms with Crippen molar-refractivity contribution in [2.75, 3.05) is 11.9 Å². The summed E-state index contributed by atoms with van der Waals surface area (Å²) in [6, 6.07) is 13.3. The summed E-state index contributed by atoms with van der Waals surface area (Å²) in [7, 11) is 1.76. The Morgan fingerprint density at radius 2 is 1.68 bits per heavy atom. The first-order chi connectivity index (χ1) is 12.0. The molecule has 0 radical (unpaired) electrons. The van der Waals surface area contributed by atoms with Crippen LogP contribution >= 0.6 is 0 Å². The van der Waals surface area contributed by atoms with Gasteiger partial charge in [-0.1, -0.05) is 36.4 Å². The minimum Gasteiger partial charge on any atom is -0.315 e. The van der Waals surface area contributed by atoms with Crippen LogP contribution in [0.25, 0.3) is 10.9 Å². The van der Waals surface area contributed by atoms with Crippen LogP contribution in [0, 0.1) is 13.8 Å². The van der Waals surface area contributed by atoms with E-state index < -0.39 is 5.54 Å². The van der Waals surface area contributed by atoms with Gasteiger partial charge in [-0.3, -0.25) is 9.36 Å². The predicted octanol–water partition coefficient (Wildman–Crippen LogP) is 3.05. The van der Waals surface area contributed by atoms with Gasteiger partial charge in [0.25, 0.3) is 5.91 Å². The van der Waals surface area contributed by atoms with Gasteiger partial charge in [-0.2, -0.15) is 0 Å². The van der Waals surface area contributed by atoms with Crippen LogP contribution in [0.1, 0.15) is 22.4 Å². The SMILES string of the molecule is Cc1c(C)n2c3c(cccc13)C1(NC2=O)C(=O)N(C)c2ccccc21. The lowest BCUT2D eigenvalue weighted by molar-refractivity contribution is -0.122. The summed E-state index contributed by atoms with van der Waals surface area (Å²) in [5, 5.41) is 4.05. The molecule has 1 aromatic heterocycles. The second kappa shape index (κ2) is 4.30. The first-order valence-corrected chi connectivity index (χ1v) is 8.29. The predicted molar refractivity (Wildman–Crippen MR) is 96.0 cm³/mol. The molecule has 25 heavy (non-hydrogen) atoms. The van der Waals surface area contributed by atoms with Crippen molar-refractivity contribution in [2.45, 2.75) is 19.4 Å². The number of likely N-dealkylation sites (N-methyl/N-ethyl adjacent to an activating group) is 1. The fourth-order valence-corrected chi connectivity index (χ4v) is 4.40. The van der Waals surface area contributed by atoms with Crippen molar-refractivity contribution in [2.24, 2.45) is 0 Å². The summed E-state index contributed by atoms with van der Waals surface area (Å²) < 4.78 is 1.69. The minimum absolute atomic E-state index is 0.127. The average molecular weight is 331 g/mol. The van der Waals surface area contributed by atoms with E-state index in [9.17, 15) is 9.59 Å². The van der Waals surface area contributed by atoms with E-state index in [-0.39, 0.29) is 11.9 Å². The van der Waals surface area contributed by atoms with E-state index in [1.54, 1.807) is 16.5 Å². The van der Waals surface area contributed by atoms with Gasteiger partial charge in [0.2, 0.25) is 0 Å². The smallest absolute Gasteiger partial charge is 0.315 e. The van der Waals surface area contributed by atoms with E-state index in [1.165, 1.54) is 0 Å². The number of anilines is 1. The van der Waals surface area contributed by atoms with Gasteiger partial charge in [-0.15, -0.1) is 0 Å². The number of para-hydroxylation sites is 2. The second-order valence-electron chi connectivity index (χ2n) is 6.81. The summed E-state index contributed by atoms with van der Waals surface area (Å²) in [4.78, 5) is 28.0. The number of amides is 2. The van der Waals surface area contributed by atoms with Crippen LogP contribution in [0.4, 0.5) is 10.5 Å². The molecule has 0 fully saturated rings. The molecule has 1 N–H and O–H groups in total. The number of carbonyl (C=O) groups is 2. The average Bonchev–Trinajstić information content (AvgIpc) is 3.00. The number of hydrogen-bond acceptors (Lipinski definition) is 2. The number of aromatic nitrogens is 1. The van der Waals surface area contributed by atoms with Crippen molar-refractivity contribution in [1.29, 1.82) is 0 Å². The number of carbonyl (C=O) groups excluding carboxylic acids is 2. The Labute approximate surface area is 144 Å². The van der Waals surface area contributed by atoms with Gasteiger partial charge < -0.3 is 10.2 Å². The van der Waals surface area contributed by atoms with Crippen LogP contribution < -0.4 is 10.2 Å². The van der Waals surface area contributed by atoms with Gasteiger partial charge in [0.15, 0.2) is 5.54 Å². The van der Waals surface area contributed by atoms with Gasteiger partial charge in [-0.05, 0) is 25.5 Å². The van der Waals surface area contributed by atoms with Gasteiger partial charge in [0.1, 0.15) is 0 Å². The van der Waals surface area contributed by atoms with Crippen LogP contribution in [-0.4, -0.2) is 23.6 Å². The third-order valence-electron chi connectivity index (χ3n) is 5.74. The molecular weight excluding hydrogens is 314 g/mol. The molecule has 5 heteroatoms. The molecule has 0 bridgehead atoms. The Morgan fingerprint density at radius 3 is 2.48 bits per heavy atom. The summed E-state index contributed by atoms with van der Waals surface area (Å²) in [6.07, 6.45) is 0. The van der Waals surface area contributed by atoms with E-state index in [4.69, 9.17) is 0 Å². The summed E-state index contributed by atoms with van der Waals surface area (Å²) in [6.45, 7) is 3.95. The topological polar surface area (TPSA) is 54.3 Å². The lowest BCUT2D eigenvalue weighted by Gasteiger charge is -2.34. The summed E-state index contributed by atoms with van der Waals surface area (Å²) >= 11 is 0. The Morgan fingerprint density at radius 1 is 0.960 bits per heavy atom. The largest absolute Gasteiger partial charge is 0.327 e. The molecule has 124 valence electrons. The molecule has 2 aromatic carbocycles. The third-order valence-corrected chi connectivity index (χ3v) is 5.74. The fraction of sp³-hybridized carbons (Fsp3) is 0.200. The molecule has 1 unspecified atom stereocenters. The Hall–Kier alpha value is -3.08. The summed E-state index contributed by atoms with van der Waals surface area (Å²) in [5.74, 6) is -0.127. The Kier molecular flexibility index (Phi) is 2.46. The van der Waals surface area contributed by atoms with E-state index >= 15 is 0 Å². The van der Waals surface area contributed by atoms with Gasteiger partial charge in [-0.25, -0.2) is 4.79 Å². The molecular formula is C20H17N3O2. The number of nitrogens with zero attached hydrogens (tertiary/aromatic N) is 2. The zero-order valence-electron chi connectivity index (χ0n) is 14.3. The molecule has 0 saturated carbocycles. The highest BCUT2D eigenvalue weighted by Crippen LogP contribution is 2.48. The lowest BCUT2D eigenvalue weighted by Crippen LogP contribution is -2.57. The zero-order chi connectivity index (χ0) is 17.5. The maximum atomic E-state index is 13.3. The van der Waals surface area contributed by atoms with Crippen molar-refractivity contribution < 1.29 is 9.59 Å². The molecule has 3 aromatic rings. The first kappa shape index (κ1) is 14.3. The standard InChI is InChI=1S/C20H17N3O2/c1-11-12(2)23-17-13(11)7-6-9-15(17)20(21-19(23)25)14-8-4-5-10-16(14)22(3)18(20)24/h4-10H,1-3H3,(H,21,25). The van der Waals surface area contributed by atoms with Crippen LogP contribution in [-0.2, 0) is 10.3 Å². The maximum Gasteiger partial charge on any atom is 0.327 e. The normalized spacial score (nSPS) is 21.2. The van der Waals surface area contributed by atoms with E-state index in [0.29, 0.717) is 0 Å². The molecule has 0 aliphatic carbocycles.